The average Bonchev–Trinajstić information content (AvgIpc) is 3.49. The molecule has 2 amide bonds. The van der Waals surface area contributed by atoms with Crippen LogP contribution in [0.25, 0.3) is 0 Å². The van der Waals surface area contributed by atoms with Crippen LogP contribution in [0.2, 0.25) is 10.0 Å². The molecule has 0 radical (unpaired) electrons. The van der Waals surface area contributed by atoms with Gasteiger partial charge in [-0.25, -0.2) is 8.42 Å². The highest BCUT2D eigenvalue weighted by Crippen LogP contribution is 2.33. The second-order valence-corrected chi connectivity index (χ2v) is 12.9. The smallest absolute Gasteiger partial charge is 0.264 e. The molecule has 42 heavy (non-hydrogen) atoms. The molecule has 0 spiro atoms. The summed E-state index contributed by atoms with van der Waals surface area (Å²) in [5.41, 5.74) is 0.833. The maximum absolute atomic E-state index is 14.2. The highest BCUT2D eigenvalue weighted by molar-refractivity contribution is 7.92. The molecule has 3 aromatic rings. The number of carbonyl (C=O) groups is 2. The summed E-state index contributed by atoms with van der Waals surface area (Å²) in [6.45, 7) is 1.31. The lowest BCUT2D eigenvalue weighted by molar-refractivity contribution is -0.140. The number of nitrogens with one attached hydrogen (secondary N) is 1. The molecule has 0 heterocycles. The van der Waals surface area contributed by atoms with Gasteiger partial charge in [-0.15, -0.1) is 0 Å². The van der Waals surface area contributed by atoms with Crippen molar-refractivity contribution in [2.75, 3.05) is 18.0 Å². The van der Waals surface area contributed by atoms with Crippen LogP contribution in [0.4, 0.5) is 5.69 Å². The Morgan fingerprint density at radius 1 is 1.00 bits per heavy atom. The van der Waals surface area contributed by atoms with Crippen molar-refractivity contribution in [1.82, 2.24) is 10.2 Å². The van der Waals surface area contributed by atoms with E-state index < -0.39 is 28.5 Å². The van der Waals surface area contributed by atoms with Gasteiger partial charge < -0.3 is 15.0 Å². The first-order valence-electron chi connectivity index (χ1n) is 13.9. The van der Waals surface area contributed by atoms with Gasteiger partial charge in [-0.2, -0.15) is 0 Å². The molecule has 4 rings (SSSR count). The van der Waals surface area contributed by atoms with Crippen molar-refractivity contribution >= 4 is 50.7 Å². The Hall–Kier alpha value is -3.27. The second kappa shape index (κ2) is 14.3. The molecule has 0 aliphatic heterocycles. The zero-order valence-electron chi connectivity index (χ0n) is 23.6. The maximum Gasteiger partial charge on any atom is 0.264 e. The van der Waals surface area contributed by atoms with E-state index in [0.29, 0.717) is 17.2 Å². The Bertz CT molecular complexity index is 1500. The minimum Gasteiger partial charge on any atom is -0.497 e. The summed E-state index contributed by atoms with van der Waals surface area (Å²) in [5.74, 6) is -0.219. The predicted molar refractivity (Wildman–Crippen MR) is 165 cm³/mol. The van der Waals surface area contributed by atoms with Gasteiger partial charge in [0.2, 0.25) is 11.8 Å². The zero-order valence-corrected chi connectivity index (χ0v) is 26.0. The molecule has 11 heteroatoms. The number of benzene rings is 3. The normalized spacial score (nSPS) is 14.3. The Morgan fingerprint density at radius 3 is 2.36 bits per heavy atom. The van der Waals surface area contributed by atoms with E-state index in [0.717, 1.165) is 35.6 Å². The van der Waals surface area contributed by atoms with Crippen molar-refractivity contribution in [2.24, 2.45) is 0 Å². The van der Waals surface area contributed by atoms with E-state index in [4.69, 9.17) is 27.9 Å². The SMILES string of the molecule is CC[C@H](C(=O)NC1CCCC1)N(Cc1cccc(OC)c1)C(=O)CN(c1ccc(Cl)cc1Cl)S(=O)(=O)c1ccccc1. The number of carbonyl (C=O) groups excluding carboxylic acids is 2. The van der Waals surface area contributed by atoms with Gasteiger partial charge in [0.1, 0.15) is 18.3 Å². The highest BCUT2D eigenvalue weighted by Gasteiger charge is 2.35. The summed E-state index contributed by atoms with van der Waals surface area (Å²) in [5, 5.41) is 3.50. The van der Waals surface area contributed by atoms with Crippen LogP contribution in [-0.4, -0.2) is 50.9 Å². The van der Waals surface area contributed by atoms with E-state index >= 15 is 0 Å². The van der Waals surface area contributed by atoms with Crippen molar-refractivity contribution in [3.63, 3.8) is 0 Å². The first-order chi connectivity index (χ1) is 20.1. The van der Waals surface area contributed by atoms with Gasteiger partial charge in [0.15, 0.2) is 0 Å². The molecule has 0 aromatic heterocycles. The molecule has 1 fully saturated rings. The summed E-state index contributed by atoms with van der Waals surface area (Å²) >= 11 is 12.6. The van der Waals surface area contributed by atoms with Gasteiger partial charge in [-0.3, -0.25) is 13.9 Å². The van der Waals surface area contributed by atoms with Crippen LogP contribution in [0.5, 0.6) is 5.75 Å². The van der Waals surface area contributed by atoms with Crippen LogP contribution < -0.4 is 14.4 Å². The summed E-state index contributed by atoms with van der Waals surface area (Å²) in [7, 11) is -2.69. The topological polar surface area (TPSA) is 96.0 Å². The standard InChI is InChI=1S/C31H35Cl2N3O5S/c1-3-28(31(38)34-24-11-7-8-12-24)35(20-22-10-9-13-25(18-22)41-2)30(37)21-36(29-17-16-23(32)19-27(29)33)42(39,40)26-14-5-4-6-15-26/h4-6,9-10,13-19,24,28H,3,7-8,11-12,20-21H2,1-2H3,(H,34,38)/t28-/m1/s1. The number of amides is 2. The lowest BCUT2D eigenvalue weighted by Gasteiger charge is -2.34. The van der Waals surface area contributed by atoms with Gasteiger partial charge in [-0.05, 0) is 67.3 Å². The Morgan fingerprint density at radius 2 is 1.71 bits per heavy atom. The molecular formula is C31H35Cl2N3O5S. The van der Waals surface area contributed by atoms with Crippen molar-refractivity contribution < 1.29 is 22.7 Å². The summed E-state index contributed by atoms with van der Waals surface area (Å²) in [6, 6.07) is 18.7. The van der Waals surface area contributed by atoms with Crippen LogP contribution >= 0.6 is 23.2 Å². The lowest BCUT2D eigenvalue weighted by Crippen LogP contribution is -2.53. The molecule has 1 N–H and O–H groups in total. The summed E-state index contributed by atoms with van der Waals surface area (Å²) in [4.78, 5) is 29.2. The van der Waals surface area contributed by atoms with Crippen LogP contribution in [0, 0.1) is 0 Å². The minimum atomic E-state index is -4.24. The first-order valence-corrected chi connectivity index (χ1v) is 16.1. The van der Waals surface area contributed by atoms with E-state index in [2.05, 4.69) is 5.32 Å². The van der Waals surface area contributed by atoms with Gasteiger partial charge in [0, 0.05) is 17.6 Å². The molecule has 3 aromatic carbocycles. The largest absolute Gasteiger partial charge is 0.497 e. The number of rotatable bonds is 12. The molecule has 1 atom stereocenters. The number of hydrogen-bond acceptors (Lipinski definition) is 5. The first kappa shape index (κ1) is 31.7. The molecule has 1 aliphatic carbocycles. The van der Waals surface area contributed by atoms with Crippen molar-refractivity contribution in [1.29, 1.82) is 0 Å². The van der Waals surface area contributed by atoms with Gasteiger partial charge in [0.05, 0.1) is 22.7 Å². The molecular weight excluding hydrogens is 597 g/mol. The summed E-state index contributed by atoms with van der Waals surface area (Å²) in [6.07, 6.45) is 4.21. The quantitative estimate of drug-likeness (QED) is 0.262. The van der Waals surface area contributed by atoms with Crippen LogP contribution in [0.15, 0.2) is 77.7 Å². The molecule has 8 nitrogen and oxygen atoms in total. The third-order valence-corrected chi connectivity index (χ3v) is 9.67. The average molecular weight is 633 g/mol. The fourth-order valence-electron chi connectivity index (χ4n) is 5.17. The fraction of sp³-hybridized carbons (Fsp3) is 0.355. The van der Waals surface area contributed by atoms with Crippen molar-refractivity contribution in [2.45, 2.75) is 62.6 Å². The lowest BCUT2D eigenvalue weighted by atomic mass is 10.1. The summed E-state index contributed by atoms with van der Waals surface area (Å²) < 4.78 is 34.2. The van der Waals surface area contributed by atoms with Crippen molar-refractivity contribution in [3.05, 3.63) is 88.4 Å². The number of methoxy groups -OCH3 is 1. The monoisotopic (exact) mass is 631 g/mol. The number of sulfonamides is 1. The second-order valence-electron chi connectivity index (χ2n) is 10.2. The van der Waals surface area contributed by atoms with Gasteiger partial charge in [0.25, 0.3) is 10.0 Å². The molecule has 0 bridgehead atoms. The number of ether oxygens (including phenoxy) is 1. The van der Waals surface area contributed by atoms with Crippen LogP contribution in [-0.2, 0) is 26.2 Å². The zero-order chi connectivity index (χ0) is 30.3. The van der Waals surface area contributed by atoms with Gasteiger partial charge in [-0.1, -0.05) is 73.3 Å². The molecule has 224 valence electrons. The third kappa shape index (κ3) is 7.56. The minimum absolute atomic E-state index is 0.00539. The van der Waals surface area contributed by atoms with E-state index in [1.54, 1.807) is 43.5 Å². The Balaban J connectivity index is 1.74. The third-order valence-electron chi connectivity index (χ3n) is 7.36. The number of anilines is 1. The number of hydrogen-bond donors (Lipinski definition) is 1. The maximum atomic E-state index is 14.2. The Labute approximate surface area is 257 Å². The Kier molecular flexibility index (Phi) is 10.8. The highest BCUT2D eigenvalue weighted by atomic mass is 35.5. The van der Waals surface area contributed by atoms with Crippen LogP contribution in [0.3, 0.4) is 0 Å². The number of halogens is 2. The van der Waals surface area contributed by atoms with E-state index in [1.165, 1.54) is 35.2 Å². The molecule has 1 saturated carbocycles. The van der Waals surface area contributed by atoms with Crippen LogP contribution in [0.1, 0.15) is 44.6 Å². The van der Waals surface area contributed by atoms with E-state index in [1.807, 2.05) is 13.0 Å². The molecule has 0 saturated heterocycles. The van der Waals surface area contributed by atoms with E-state index in [-0.39, 0.29) is 34.1 Å². The van der Waals surface area contributed by atoms with Crippen molar-refractivity contribution in [3.8, 4) is 5.75 Å². The van der Waals surface area contributed by atoms with E-state index in [9.17, 15) is 18.0 Å². The fourth-order valence-corrected chi connectivity index (χ4v) is 7.19. The van der Waals surface area contributed by atoms with Gasteiger partial charge >= 0.3 is 0 Å². The predicted octanol–water partition coefficient (Wildman–Crippen LogP) is 6.06. The molecule has 1 aliphatic rings. The molecule has 0 unspecified atom stereocenters. The number of nitrogens with zero attached hydrogens (tertiary/aromatic N) is 2.